The van der Waals surface area contributed by atoms with Crippen LogP contribution in [-0.2, 0) is 6.54 Å². The first-order valence-corrected chi connectivity index (χ1v) is 8.49. The van der Waals surface area contributed by atoms with E-state index < -0.39 is 0 Å². The molecule has 0 aliphatic heterocycles. The van der Waals surface area contributed by atoms with Crippen molar-refractivity contribution in [3.8, 4) is 10.6 Å². The third-order valence-corrected chi connectivity index (χ3v) is 4.44. The minimum Gasteiger partial charge on any atom is -0.312 e. The van der Waals surface area contributed by atoms with Gasteiger partial charge in [-0.05, 0) is 44.9 Å². The van der Waals surface area contributed by atoms with Crippen LogP contribution in [0.25, 0.3) is 10.6 Å². The van der Waals surface area contributed by atoms with Crippen molar-refractivity contribution >= 4 is 11.3 Å². The van der Waals surface area contributed by atoms with E-state index in [1.165, 1.54) is 16.1 Å². The molecule has 114 valence electrons. The Morgan fingerprint density at radius 2 is 1.81 bits per heavy atom. The van der Waals surface area contributed by atoms with Crippen LogP contribution in [0.3, 0.4) is 0 Å². The number of pyridine rings is 1. The van der Waals surface area contributed by atoms with E-state index in [0.29, 0.717) is 5.92 Å². The molecule has 0 spiro atoms. The van der Waals surface area contributed by atoms with Gasteiger partial charge in [0, 0.05) is 28.4 Å². The van der Waals surface area contributed by atoms with E-state index in [-0.39, 0.29) is 0 Å². The van der Waals surface area contributed by atoms with Crippen LogP contribution in [0.4, 0.5) is 0 Å². The third-order valence-electron chi connectivity index (χ3n) is 3.32. The van der Waals surface area contributed by atoms with E-state index in [0.717, 1.165) is 35.9 Å². The van der Waals surface area contributed by atoms with Gasteiger partial charge in [0.1, 0.15) is 5.01 Å². The SMILES string of the molecule is CCCNCc1sc(-c2cc(C)nc(C)c2)nc1C(C)C. The number of hydrogen-bond donors (Lipinski definition) is 1. The highest BCUT2D eigenvalue weighted by Gasteiger charge is 2.15. The molecule has 0 unspecified atom stereocenters. The number of aromatic nitrogens is 2. The highest BCUT2D eigenvalue weighted by atomic mass is 32.1. The van der Waals surface area contributed by atoms with Crippen molar-refractivity contribution in [2.75, 3.05) is 6.54 Å². The molecule has 2 aromatic heterocycles. The van der Waals surface area contributed by atoms with Crippen LogP contribution in [0.5, 0.6) is 0 Å². The molecule has 0 saturated carbocycles. The predicted octanol–water partition coefficient (Wildman–Crippen LogP) is 4.44. The highest BCUT2D eigenvalue weighted by molar-refractivity contribution is 7.15. The molecule has 0 amide bonds. The van der Waals surface area contributed by atoms with E-state index in [1.54, 1.807) is 0 Å². The second-order valence-electron chi connectivity index (χ2n) is 5.80. The van der Waals surface area contributed by atoms with Gasteiger partial charge in [0.25, 0.3) is 0 Å². The fourth-order valence-corrected chi connectivity index (χ4v) is 3.57. The Kier molecular flexibility index (Phi) is 5.48. The lowest BCUT2D eigenvalue weighted by atomic mass is 10.1. The summed E-state index contributed by atoms with van der Waals surface area (Å²) in [5, 5.41) is 4.60. The van der Waals surface area contributed by atoms with Gasteiger partial charge < -0.3 is 5.32 Å². The van der Waals surface area contributed by atoms with E-state index >= 15 is 0 Å². The fraction of sp³-hybridized carbons (Fsp3) is 0.529. The van der Waals surface area contributed by atoms with Gasteiger partial charge in [-0.3, -0.25) is 4.98 Å². The van der Waals surface area contributed by atoms with Gasteiger partial charge in [-0.25, -0.2) is 4.98 Å². The molecule has 21 heavy (non-hydrogen) atoms. The summed E-state index contributed by atoms with van der Waals surface area (Å²) in [5.74, 6) is 0.456. The Morgan fingerprint density at radius 3 is 2.38 bits per heavy atom. The number of aryl methyl sites for hydroxylation is 2. The molecular formula is C17H25N3S. The summed E-state index contributed by atoms with van der Waals surface area (Å²) in [6.45, 7) is 12.7. The Hall–Kier alpha value is -1.26. The number of thiazole rings is 1. The molecular weight excluding hydrogens is 278 g/mol. The van der Waals surface area contributed by atoms with Gasteiger partial charge in [-0.2, -0.15) is 0 Å². The first kappa shape index (κ1) is 16.1. The van der Waals surface area contributed by atoms with Gasteiger partial charge >= 0.3 is 0 Å². The summed E-state index contributed by atoms with van der Waals surface area (Å²) in [6, 6.07) is 4.25. The average Bonchev–Trinajstić information content (AvgIpc) is 2.82. The molecule has 2 rings (SSSR count). The Balaban J connectivity index is 2.33. The zero-order valence-corrected chi connectivity index (χ0v) is 14.5. The summed E-state index contributed by atoms with van der Waals surface area (Å²) < 4.78 is 0. The van der Waals surface area contributed by atoms with E-state index in [4.69, 9.17) is 4.98 Å². The van der Waals surface area contributed by atoms with Crippen molar-refractivity contribution in [2.24, 2.45) is 0 Å². The van der Waals surface area contributed by atoms with Crippen molar-refractivity contribution in [3.63, 3.8) is 0 Å². The largest absolute Gasteiger partial charge is 0.312 e. The second kappa shape index (κ2) is 7.14. The lowest BCUT2D eigenvalue weighted by Crippen LogP contribution is -2.14. The second-order valence-corrected chi connectivity index (χ2v) is 6.88. The van der Waals surface area contributed by atoms with Crippen molar-refractivity contribution in [2.45, 2.75) is 53.5 Å². The van der Waals surface area contributed by atoms with Crippen LogP contribution in [0, 0.1) is 13.8 Å². The van der Waals surface area contributed by atoms with E-state index in [1.807, 2.05) is 25.2 Å². The molecule has 3 nitrogen and oxygen atoms in total. The molecule has 0 bridgehead atoms. The summed E-state index contributed by atoms with van der Waals surface area (Å²) in [6.07, 6.45) is 1.16. The van der Waals surface area contributed by atoms with Gasteiger partial charge in [0.05, 0.1) is 5.69 Å². The number of nitrogens with one attached hydrogen (secondary N) is 1. The number of rotatable bonds is 6. The molecule has 0 aliphatic rings. The molecule has 0 aliphatic carbocycles. The number of nitrogens with zero attached hydrogens (tertiary/aromatic N) is 2. The van der Waals surface area contributed by atoms with Crippen LogP contribution in [0.2, 0.25) is 0 Å². The molecule has 0 atom stereocenters. The average molecular weight is 303 g/mol. The summed E-state index contributed by atoms with van der Waals surface area (Å²) in [5.41, 5.74) is 4.52. The minimum absolute atomic E-state index is 0.456. The normalized spacial score (nSPS) is 11.3. The topological polar surface area (TPSA) is 37.8 Å². The lowest BCUT2D eigenvalue weighted by Gasteiger charge is -2.05. The third kappa shape index (κ3) is 4.11. The highest BCUT2D eigenvalue weighted by Crippen LogP contribution is 2.32. The van der Waals surface area contributed by atoms with Crippen molar-refractivity contribution in [3.05, 3.63) is 34.1 Å². The molecule has 0 saturated heterocycles. The molecule has 0 fully saturated rings. The van der Waals surface area contributed by atoms with Gasteiger partial charge in [-0.15, -0.1) is 11.3 Å². The Morgan fingerprint density at radius 1 is 1.14 bits per heavy atom. The van der Waals surface area contributed by atoms with Crippen molar-refractivity contribution in [1.29, 1.82) is 0 Å². The van der Waals surface area contributed by atoms with Crippen LogP contribution in [0.1, 0.15) is 55.1 Å². The molecule has 1 N–H and O–H groups in total. The first-order valence-electron chi connectivity index (χ1n) is 7.67. The maximum Gasteiger partial charge on any atom is 0.124 e. The Bertz CT molecular complexity index is 582. The molecule has 2 aromatic rings. The fourth-order valence-electron chi connectivity index (χ4n) is 2.40. The monoisotopic (exact) mass is 303 g/mol. The summed E-state index contributed by atoms with van der Waals surface area (Å²) in [4.78, 5) is 10.7. The van der Waals surface area contributed by atoms with Crippen LogP contribution < -0.4 is 5.32 Å². The van der Waals surface area contributed by atoms with Crippen LogP contribution in [-0.4, -0.2) is 16.5 Å². The maximum absolute atomic E-state index is 4.89. The summed E-state index contributed by atoms with van der Waals surface area (Å²) >= 11 is 1.81. The standard InChI is InChI=1S/C17H25N3S/c1-6-7-18-10-15-16(11(2)3)20-17(21-15)14-8-12(4)19-13(5)9-14/h8-9,11,18H,6-7,10H2,1-5H3. The lowest BCUT2D eigenvalue weighted by molar-refractivity contribution is 0.670. The van der Waals surface area contributed by atoms with Gasteiger partial charge in [0.2, 0.25) is 0 Å². The van der Waals surface area contributed by atoms with E-state index in [2.05, 4.69) is 43.2 Å². The zero-order valence-electron chi connectivity index (χ0n) is 13.7. The van der Waals surface area contributed by atoms with Crippen molar-refractivity contribution in [1.82, 2.24) is 15.3 Å². The van der Waals surface area contributed by atoms with Crippen LogP contribution in [0.15, 0.2) is 12.1 Å². The van der Waals surface area contributed by atoms with Crippen molar-refractivity contribution < 1.29 is 0 Å². The first-order chi connectivity index (χ1) is 10.0. The smallest absolute Gasteiger partial charge is 0.124 e. The summed E-state index contributed by atoms with van der Waals surface area (Å²) in [7, 11) is 0. The Labute approximate surface area is 131 Å². The van der Waals surface area contributed by atoms with Gasteiger partial charge in [0.15, 0.2) is 0 Å². The quantitative estimate of drug-likeness (QED) is 0.801. The molecule has 4 heteroatoms. The minimum atomic E-state index is 0.456. The molecule has 0 radical (unpaired) electrons. The number of hydrogen-bond acceptors (Lipinski definition) is 4. The maximum atomic E-state index is 4.89. The predicted molar refractivity (Wildman–Crippen MR) is 90.9 cm³/mol. The molecule has 2 heterocycles. The van der Waals surface area contributed by atoms with E-state index in [9.17, 15) is 0 Å². The van der Waals surface area contributed by atoms with Crippen LogP contribution >= 0.6 is 11.3 Å². The zero-order chi connectivity index (χ0) is 15.4. The van der Waals surface area contributed by atoms with Gasteiger partial charge in [-0.1, -0.05) is 20.8 Å². The molecule has 0 aromatic carbocycles.